The third-order valence-corrected chi connectivity index (χ3v) is 4.39. The van der Waals surface area contributed by atoms with Crippen LogP contribution in [0.5, 0.6) is 0 Å². The number of alkyl halides is 3. The van der Waals surface area contributed by atoms with Crippen LogP contribution >= 0.6 is 27.5 Å². The molecular weight excluding hydrogens is 371 g/mol. The second-order valence-electron chi connectivity index (χ2n) is 5.25. The van der Waals surface area contributed by atoms with Crippen LogP contribution in [-0.2, 0) is 0 Å². The van der Waals surface area contributed by atoms with E-state index >= 15 is 0 Å². The molecule has 1 amide bonds. The maximum Gasteiger partial charge on any atom is 0.406 e. The lowest BCUT2D eigenvalue weighted by atomic mass is 10.1. The highest BCUT2D eigenvalue weighted by Gasteiger charge is 2.41. The molecule has 2 rings (SSSR count). The molecule has 1 atom stereocenters. The normalized spacial score (nSPS) is 16.7. The Bertz CT molecular complexity index is 546. The standard InChI is InChI=1S/C14H14BrClF3NO/c1-8(9-2-3-9)20(7-14(17,18)19)13(21)11-6-10(15)4-5-12(11)16/h4-6,8-9H,2-3,7H2,1H3/t8-/m0/s1. The van der Waals surface area contributed by atoms with Gasteiger partial charge in [0.25, 0.3) is 5.91 Å². The fourth-order valence-corrected chi connectivity index (χ4v) is 2.80. The second-order valence-corrected chi connectivity index (χ2v) is 6.57. The van der Waals surface area contributed by atoms with Gasteiger partial charge in [-0.2, -0.15) is 13.2 Å². The van der Waals surface area contributed by atoms with Crippen LogP contribution in [0.1, 0.15) is 30.1 Å². The van der Waals surface area contributed by atoms with Crippen LogP contribution in [0.2, 0.25) is 5.02 Å². The highest BCUT2D eigenvalue weighted by atomic mass is 79.9. The molecule has 1 saturated carbocycles. The average molecular weight is 385 g/mol. The Labute approximate surface area is 134 Å². The molecular formula is C14H14BrClF3NO. The number of hydrogen-bond donors (Lipinski definition) is 0. The first-order chi connectivity index (χ1) is 9.69. The smallest absolute Gasteiger partial charge is 0.327 e. The summed E-state index contributed by atoms with van der Waals surface area (Å²) < 4.78 is 38.9. The summed E-state index contributed by atoms with van der Waals surface area (Å²) in [6, 6.07) is 4.13. The maximum atomic E-state index is 12.8. The first-order valence-electron chi connectivity index (χ1n) is 6.52. The largest absolute Gasteiger partial charge is 0.406 e. The van der Waals surface area contributed by atoms with Gasteiger partial charge in [0, 0.05) is 10.5 Å². The third kappa shape index (κ3) is 4.36. The summed E-state index contributed by atoms with van der Waals surface area (Å²) in [4.78, 5) is 13.4. The fraction of sp³-hybridized carbons (Fsp3) is 0.500. The molecule has 0 bridgehead atoms. The molecule has 0 N–H and O–H groups in total. The fourth-order valence-electron chi connectivity index (χ4n) is 2.24. The van der Waals surface area contributed by atoms with E-state index in [0.717, 1.165) is 17.7 Å². The van der Waals surface area contributed by atoms with E-state index in [1.165, 1.54) is 12.1 Å². The van der Waals surface area contributed by atoms with Crippen molar-refractivity contribution in [1.29, 1.82) is 0 Å². The van der Waals surface area contributed by atoms with Gasteiger partial charge in [-0.05, 0) is 43.9 Å². The summed E-state index contributed by atoms with van der Waals surface area (Å²) in [7, 11) is 0. The van der Waals surface area contributed by atoms with Crippen LogP contribution in [0.3, 0.4) is 0 Å². The molecule has 116 valence electrons. The van der Waals surface area contributed by atoms with Crippen molar-refractivity contribution < 1.29 is 18.0 Å². The maximum absolute atomic E-state index is 12.8. The minimum Gasteiger partial charge on any atom is -0.327 e. The number of carbonyl (C=O) groups excluding carboxylic acids is 1. The minimum atomic E-state index is -4.43. The van der Waals surface area contributed by atoms with Crippen LogP contribution < -0.4 is 0 Å². The Morgan fingerprint density at radius 1 is 1.48 bits per heavy atom. The first-order valence-corrected chi connectivity index (χ1v) is 7.69. The summed E-state index contributed by atoms with van der Waals surface area (Å²) in [5, 5.41) is 0.151. The molecule has 0 saturated heterocycles. The highest BCUT2D eigenvalue weighted by molar-refractivity contribution is 9.10. The number of benzene rings is 1. The SMILES string of the molecule is C[C@@H](C1CC1)N(CC(F)(F)F)C(=O)c1cc(Br)ccc1Cl. The molecule has 1 aromatic carbocycles. The van der Waals surface area contributed by atoms with E-state index in [4.69, 9.17) is 11.6 Å². The topological polar surface area (TPSA) is 20.3 Å². The molecule has 0 spiro atoms. The average Bonchev–Trinajstić information content (AvgIpc) is 3.20. The van der Waals surface area contributed by atoms with Gasteiger partial charge in [-0.3, -0.25) is 4.79 Å². The number of rotatable bonds is 4. The van der Waals surface area contributed by atoms with Crippen LogP contribution in [-0.4, -0.2) is 29.6 Å². The van der Waals surface area contributed by atoms with Gasteiger partial charge in [-0.25, -0.2) is 0 Å². The Morgan fingerprint density at radius 3 is 2.62 bits per heavy atom. The van der Waals surface area contributed by atoms with E-state index in [-0.39, 0.29) is 16.5 Å². The van der Waals surface area contributed by atoms with E-state index in [1.54, 1.807) is 13.0 Å². The van der Waals surface area contributed by atoms with Gasteiger partial charge in [-0.15, -0.1) is 0 Å². The van der Waals surface area contributed by atoms with Gasteiger partial charge in [0.05, 0.1) is 10.6 Å². The van der Waals surface area contributed by atoms with Crippen molar-refractivity contribution in [1.82, 2.24) is 4.90 Å². The van der Waals surface area contributed by atoms with Crippen LogP contribution in [0, 0.1) is 5.92 Å². The van der Waals surface area contributed by atoms with E-state index in [1.807, 2.05) is 0 Å². The van der Waals surface area contributed by atoms with Crippen LogP contribution in [0.15, 0.2) is 22.7 Å². The molecule has 1 aliphatic rings. The molecule has 0 radical (unpaired) electrons. The lowest BCUT2D eigenvalue weighted by Crippen LogP contribution is -2.45. The van der Waals surface area contributed by atoms with Gasteiger partial charge in [0.15, 0.2) is 0 Å². The third-order valence-electron chi connectivity index (χ3n) is 3.57. The quantitative estimate of drug-likeness (QED) is 0.722. The molecule has 1 aliphatic carbocycles. The number of amides is 1. The molecule has 0 heterocycles. The van der Waals surface area contributed by atoms with Gasteiger partial charge in [-0.1, -0.05) is 27.5 Å². The minimum absolute atomic E-state index is 0.0859. The molecule has 21 heavy (non-hydrogen) atoms. The molecule has 0 aromatic heterocycles. The number of halogens is 5. The highest BCUT2D eigenvalue weighted by Crippen LogP contribution is 2.37. The van der Waals surface area contributed by atoms with Crippen molar-refractivity contribution in [2.75, 3.05) is 6.54 Å². The molecule has 0 unspecified atom stereocenters. The zero-order valence-corrected chi connectivity index (χ0v) is 13.6. The van der Waals surface area contributed by atoms with Crippen molar-refractivity contribution in [3.63, 3.8) is 0 Å². The molecule has 7 heteroatoms. The van der Waals surface area contributed by atoms with E-state index < -0.39 is 24.7 Å². The predicted octanol–water partition coefficient (Wildman–Crippen LogP) is 4.91. The van der Waals surface area contributed by atoms with Crippen molar-refractivity contribution in [2.24, 2.45) is 5.92 Å². The summed E-state index contributed by atoms with van der Waals surface area (Å²) in [6.45, 7) is 0.402. The lowest BCUT2D eigenvalue weighted by Gasteiger charge is -2.30. The van der Waals surface area contributed by atoms with Crippen molar-refractivity contribution >= 4 is 33.4 Å². The Morgan fingerprint density at radius 2 is 2.10 bits per heavy atom. The van der Waals surface area contributed by atoms with E-state index in [9.17, 15) is 18.0 Å². The van der Waals surface area contributed by atoms with Crippen molar-refractivity contribution in [2.45, 2.75) is 32.0 Å². The Hall–Kier alpha value is -0.750. The van der Waals surface area contributed by atoms with Crippen LogP contribution in [0.4, 0.5) is 13.2 Å². The lowest BCUT2D eigenvalue weighted by molar-refractivity contribution is -0.144. The number of hydrogen-bond acceptors (Lipinski definition) is 1. The predicted molar refractivity (Wildman–Crippen MR) is 78.4 cm³/mol. The second kappa shape index (κ2) is 6.16. The summed E-state index contributed by atoms with van der Waals surface area (Å²) in [5.41, 5.74) is 0.0859. The monoisotopic (exact) mass is 383 g/mol. The zero-order valence-electron chi connectivity index (χ0n) is 11.3. The van der Waals surface area contributed by atoms with Gasteiger partial charge in [0.1, 0.15) is 6.54 Å². The van der Waals surface area contributed by atoms with Crippen molar-refractivity contribution in [3.05, 3.63) is 33.3 Å². The zero-order chi connectivity index (χ0) is 15.8. The van der Waals surface area contributed by atoms with Gasteiger partial charge in [0.2, 0.25) is 0 Å². The number of nitrogens with zero attached hydrogens (tertiary/aromatic N) is 1. The van der Waals surface area contributed by atoms with Crippen LogP contribution in [0.25, 0.3) is 0 Å². The molecule has 0 aliphatic heterocycles. The Balaban J connectivity index is 2.30. The summed E-state index contributed by atoms with van der Waals surface area (Å²) in [5.74, 6) is -0.541. The first kappa shape index (κ1) is 16.6. The molecule has 2 nitrogen and oxygen atoms in total. The van der Waals surface area contributed by atoms with Gasteiger partial charge < -0.3 is 4.90 Å². The van der Waals surface area contributed by atoms with E-state index in [2.05, 4.69) is 15.9 Å². The van der Waals surface area contributed by atoms with Gasteiger partial charge >= 0.3 is 6.18 Å². The summed E-state index contributed by atoms with van der Waals surface area (Å²) >= 11 is 9.16. The molecule has 1 aromatic rings. The van der Waals surface area contributed by atoms with E-state index in [0.29, 0.717) is 4.47 Å². The number of carbonyl (C=O) groups is 1. The van der Waals surface area contributed by atoms with Crippen molar-refractivity contribution in [3.8, 4) is 0 Å². The molecule has 1 fully saturated rings. The summed E-state index contributed by atoms with van der Waals surface area (Å²) in [6.07, 6.45) is -2.72. The Kier molecular flexibility index (Phi) is 4.88.